The number of ether oxygens (including phenoxy) is 1. The van der Waals surface area contributed by atoms with Crippen LogP contribution in [0.25, 0.3) is 0 Å². The maximum absolute atomic E-state index is 13.4. The molecule has 0 bridgehead atoms. The van der Waals surface area contributed by atoms with Crippen LogP contribution in [-0.4, -0.2) is 43.2 Å². The van der Waals surface area contributed by atoms with Crippen LogP contribution < -0.4 is 10.6 Å². The van der Waals surface area contributed by atoms with Crippen LogP contribution in [0.5, 0.6) is 0 Å². The van der Waals surface area contributed by atoms with Gasteiger partial charge in [0.15, 0.2) is 0 Å². The molecule has 2 N–H and O–H groups in total. The molecule has 2 fully saturated rings. The third-order valence-corrected chi connectivity index (χ3v) is 7.56. The van der Waals surface area contributed by atoms with Crippen LogP contribution >= 0.6 is 0 Å². The van der Waals surface area contributed by atoms with Crippen molar-refractivity contribution in [2.24, 2.45) is 0 Å². The SMILES string of the molecule is C[C@@H](OC[C@@]1(c2ccccc2)CC[C@H](NC(=O)N2CCCCC2)CN1)c1cc(C(F)(F)F)cc(C(F)(F)F)c1. The van der Waals surface area contributed by atoms with Gasteiger partial charge < -0.3 is 20.3 Å². The third-order valence-electron chi connectivity index (χ3n) is 7.56. The van der Waals surface area contributed by atoms with Gasteiger partial charge in [0.2, 0.25) is 0 Å². The Labute approximate surface area is 223 Å². The molecule has 2 aliphatic rings. The lowest BCUT2D eigenvalue weighted by Crippen LogP contribution is -2.58. The topological polar surface area (TPSA) is 53.6 Å². The molecule has 39 heavy (non-hydrogen) atoms. The summed E-state index contributed by atoms with van der Waals surface area (Å²) in [4.78, 5) is 14.5. The molecule has 0 unspecified atom stereocenters. The first-order chi connectivity index (χ1) is 18.4. The van der Waals surface area contributed by atoms with E-state index in [4.69, 9.17) is 4.74 Å². The van der Waals surface area contributed by atoms with Crippen LogP contribution in [0.3, 0.4) is 0 Å². The summed E-state index contributed by atoms with van der Waals surface area (Å²) in [5.41, 5.74) is -2.79. The van der Waals surface area contributed by atoms with Gasteiger partial charge in [-0.2, -0.15) is 26.3 Å². The van der Waals surface area contributed by atoms with Crippen LogP contribution in [0.4, 0.5) is 31.1 Å². The van der Waals surface area contributed by atoms with Gasteiger partial charge in [-0.15, -0.1) is 0 Å². The minimum atomic E-state index is -4.93. The van der Waals surface area contributed by atoms with Gasteiger partial charge in [0, 0.05) is 25.7 Å². The average Bonchev–Trinajstić information content (AvgIpc) is 2.92. The standard InChI is InChI=1S/C28H33F6N3O2/c1-19(20-14-22(27(29,30)31)16-23(15-20)28(32,33)34)39-18-26(21-8-4-2-5-9-21)11-10-24(17-35-26)36-25(38)37-12-6-3-7-13-37/h2,4-5,8-9,14-16,19,24,35H,3,6-7,10-13,17-18H2,1H3,(H,36,38)/t19-,24+,26-/m1/s1. The molecule has 0 radical (unpaired) electrons. The summed E-state index contributed by atoms with van der Waals surface area (Å²) < 4.78 is 86.1. The maximum atomic E-state index is 13.4. The van der Waals surface area contributed by atoms with Gasteiger partial charge >= 0.3 is 18.4 Å². The minimum Gasteiger partial charge on any atom is -0.372 e. The summed E-state index contributed by atoms with van der Waals surface area (Å²) >= 11 is 0. The van der Waals surface area contributed by atoms with Gasteiger partial charge in [0.25, 0.3) is 0 Å². The van der Waals surface area contributed by atoms with Crippen molar-refractivity contribution in [1.82, 2.24) is 15.5 Å². The fourth-order valence-electron chi connectivity index (χ4n) is 5.20. The lowest BCUT2D eigenvalue weighted by molar-refractivity contribution is -0.143. The summed E-state index contributed by atoms with van der Waals surface area (Å²) in [7, 11) is 0. The Morgan fingerprint density at radius 2 is 1.64 bits per heavy atom. The summed E-state index contributed by atoms with van der Waals surface area (Å²) in [5.74, 6) is 0. The van der Waals surface area contributed by atoms with Gasteiger partial charge in [-0.3, -0.25) is 0 Å². The van der Waals surface area contributed by atoms with Crippen LogP contribution in [-0.2, 0) is 22.6 Å². The lowest BCUT2D eigenvalue weighted by Gasteiger charge is -2.43. The molecule has 0 aromatic heterocycles. The molecule has 214 valence electrons. The normalized spacial score (nSPS) is 23.4. The predicted molar refractivity (Wildman–Crippen MR) is 134 cm³/mol. The highest BCUT2D eigenvalue weighted by molar-refractivity contribution is 5.74. The Kier molecular flexibility index (Phi) is 8.80. The monoisotopic (exact) mass is 557 g/mol. The first kappa shape index (κ1) is 29.2. The molecular formula is C28H33F6N3O2. The summed E-state index contributed by atoms with van der Waals surface area (Å²) in [5, 5.41) is 6.55. The van der Waals surface area contributed by atoms with E-state index in [0.717, 1.165) is 37.9 Å². The van der Waals surface area contributed by atoms with Crippen molar-refractivity contribution in [3.63, 3.8) is 0 Å². The molecule has 11 heteroatoms. The molecule has 2 aromatic carbocycles. The third kappa shape index (κ3) is 7.25. The number of urea groups is 1. The van der Waals surface area contributed by atoms with E-state index in [9.17, 15) is 31.1 Å². The Morgan fingerprint density at radius 1 is 1.03 bits per heavy atom. The van der Waals surface area contributed by atoms with E-state index in [1.165, 1.54) is 6.92 Å². The van der Waals surface area contributed by atoms with E-state index in [-0.39, 0.29) is 30.3 Å². The molecular weight excluding hydrogens is 524 g/mol. The van der Waals surface area contributed by atoms with E-state index in [1.54, 1.807) is 0 Å². The predicted octanol–water partition coefficient (Wildman–Crippen LogP) is 6.64. The molecule has 0 spiro atoms. The number of piperidine rings is 2. The highest BCUT2D eigenvalue weighted by Gasteiger charge is 2.40. The van der Waals surface area contributed by atoms with Gasteiger partial charge in [0.1, 0.15) is 0 Å². The van der Waals surface area contributed by atoms with Crippen molar-refractivity contribution in [2.75, 3.05) is 26.2 Å². The second-order valence-corrected chi connectivity index (χ2v) is 10.4. The number of nitrogens with one attached hydrogen (secondary N) is 2. The van der Waals surface area contributed by atoms with Crippen molar-refractivity contribution in [3.05, 3.63) is 70.8 Å². The van der Waals surface area contributed by atoms with Crippen LogP contribution in [0, 0.1) is 0 Å². The highest BCUT2D eigenvalue weighted by atomic mass is 19.4. The number of hydrogen-bond donors (Lipinski definition) is 2. The molecule has 3 atom stereocenters. The molecule has 4 rings (SSSR count). The Balaban J connectivity index is 1.48. The van der Waals surface area contributed by atoms with Crippen molar-refractivity contribution in [1.29, 1.82) is 0 Å². The van der Waals surface area contributed by atoms with Crippen molar-refractivity contribution in [3.8, 4) is 0 Å². The fraction of sp³-hybridized carbons (Fsp3) is 0.536. The van der Waals surface area contributed by atoms with Crippen molar-refractivity contribution in [2.45, 2.75) is 69.1 Å². The lowest BCUT2D eigenvalue weighted by atomic mass is 9.81. The zero-order valence-electron chi connectivity index (χ0n) is 21.7. The molecule has 5 nitrogen and oxygen atoms in total. The number of carbonyl (C=O) groups is 1. The highest BCUT2D eigenvalue weighted by Crippen LogP contribution is 2.39. The van der Waals surface area contributed by atoms with Crippen molar-refractivity contribution < 1.29 is 35.9 Å². The fourth-order valence-corrected chi connectivity index (χ4v) is 5.20. The number of amides is 2. The first-order valence-corrected chi connectivity index (χ1v) is 13.1. The number of hydrogen-bond acceptors (Lipinski definition) is 3. The van der Waals surface area contributed by atoms with E-state index < -0.39 is 35.1 Å². The number of likely N-dealkylation sites (tertiary alicyclic amines) is 1. The van der Waals surface area contributed by atoms with Crippen LogP contribution in [0.15, 0.2) is 48.5 Å². The maximum Gasteiger partial charge on any atom is 0.416 e. The zero-order valence-corrected chi connectivity index (χ0v) is 21.7. The van der Waals surface area contributed by atoms with Gasteiger partial charge in [-0.05, 0) is 68.4 Å². The Hall–Kier alpha value is -2.79. The molecule has 2 saturated heterocycles. The van der Waals surface area contributed by atoms with E-state index in [2.05, 4.69) is 10.6 Å². The smallest absolute Gasteiger partial charge is 0.372 e. The van der Waals surface area contributed by atoms with Gasteiger partial charge in [0.05, 0.1) is 29.4 Å². The molecule has 0 saturated carbocycles. The second kappa shape index (κ2) is 11.8. The minimum absolute atomic E-state index is 0.0164. The summed E-state index contributed by atoms with van der Waals surface area (Å²) in [6.45, 7) is 3.36. The number of carbonyl (C=O) groups excluding carboxylic acids is 1. The second-order valence-electron chi connectivity index (χ2n) is 10.4. The molecule has 2 aliphatic heterocycles. The number of nitrogens with zero attached hydrogens (tertiary/aromatic N) is 1. The number of benzene rings is 2. The van der Waals surface area contributed by atoms with Gasteiger partial charge in [-0.25, -0.2) is 4.79 Å². The molecule has 0 aliphatic carbocycles. The zero-order chi connectivity index (χ0) is 28.3. The number of rotatable bonds is 6. The number of halogens is 6. The first-order valence-electron chi connectivity index (χ1n) is 13.1. The van der Waals surface area contributed by atoms with Crippen LogP contribution in [0.1, 0.15) is 67.4 Å². The van der Waals surface area contributed by atoms with Crippen molar-refractivity contribution >= 4 is 6.03 Å². The van der Waals surface area contributed by atoms with Crippen LogP contribution in [0.2, 0.25) is 0 Å². The molecule has 2 heterocycles. The van der Waals surface area contributed by atoms with Gasteiger partial charge in [-0.1, -0.05) is 30.3 Å². The Bertz CT molecular complexity index is 1080. The van der Waals surface area contributed by atoms with E-state index >= 15 is 0 Å². The summed E-state index contributed by atoms with van der Waals surface area (Å²) in [6.07, 6.45) is -6.64. The Morgan fingerprint density at radius 3 is 2.18 bits per heavy atom. The molecule has 2 aromatic rings. The quantitative estimate of drug-likeness (QED) is 0.392. The number of alkyl halides is 6. The van der Waals surface area contributed by atoms with E-state index in [0.29, 0.717) is 31.5 Å². The average molecular weight is 558 g/mol. The molecule has 2 amide bonds. The van der Waals surface area contributed by atoms with E-state index in [1.807, 2.05) is 35.2 Å². The largest absolute Gasteiger partial charge is 0.416 e. The summed E-state index contributed by atoms with van der Waals surface area (Å²) in [6, 6.07) is 10.7.